The van der Waals surface area contributed by atoms with Crippen LogP contribution in [0, 0.1) is 0 Å². The lowest BCUT2D eigenvalue weighted by Crippen LogP contribution is -2.29. The quantitative estimate of drug-likeness (QED) is 0.187. The standard InChI is InChI=1S/C5H9NO2.C3H4O4.C3H8O3.CH2O2/c7-5(8)4-2-1-3-6-4;4-2(5)1-3(6)7;4-1-3(6)2-5;2-1-3/h4,6H,1-3H2,(H,7,8);1H2,(H,4,5)(H,6,7);3-6H,1-2H2;1H,(H,2,3)/t4-;;;/m0.../s1. The van der Waals surface area contributed by atoms with Crippen molar-refractivity contribution in [3.05, 3.63) is 0 Å². The van der Waals surface area contributed by atoms with Gasteiger partial charge in [0.05, 0.1) is 13.2 Å². The maximum absolute atomic E-state index is 10.1. The van der Waals surface area contributed by atoms with Gasteiger partial charge in [0.25, 0.3) is 6.47 Å². The zero-order chi connectivity index (χ0) is 19.5. The minimum atomic E-state index is -1.31. The summed E-state index contributed by atoms with van der Waals surface area (Å²) in [6.07, 6.45) is 0.0248. The average Bonchev–Trinajstić information content (AvgIpc) is 3.01. The van der Waals surface area contributed by atoms with Crippen LogP contribution in [-0.2, 0) is 19.2 Å². The fourth-order valence-electron chi connectivity index (χ4n) is 1.08. The Hall–Kier alpha value is -2.28. The average molecular weight is 357 g/mol. The molecule has 12 heteroatoms. The van der Waals surface area contributed by atoms with Crippen LogP contribution >= 0.6 is 0 Å². The molecule has 1 aliphatic heterocycles. The maximum atomic E-state index is 10.1. The van der Waals surface area contributed by atoms with E-state index in [9.17, 15) is 14.4 Å². The second kappa shape index (κ2) is 18.8. The molecule has 8 N–H and O–H groups in total. The van der Waals surface area contributed by atoms with Crippen LogP contribution in [0.1, 0.15) is 19.3 Å². The number of carboxylic acids is 3. The van der Waals surface area contributed by atoms with E-state index in [0.717, 1.165) is 19.4 Å². The number of aliphatic carboxylic acids is 3. The molecule has 0 bridgehead atoms. The van der Waals surface area contributed by atoms with E-state index in [0.29, 0.717) is 0 Å². The summed E-state index contributed by atoms with van der Waals surface area (Å²) in [7, 11) is 0. The van der Waals surface area contributed by atoms with Gasteiger partial charge >= 0.3 is 17.9 Å². The molecule has 0 amide bonds. The van der Waals surface area contributed by atoms with Crippen molar-refractivity contribution >= 4 is 24.4 Å². The molecule has 0 spiro atoms. The van der Waals surface area contributed by atoms with Crippen LogP contribution in [0.15, 0.2) is 0 Å². The van der Waals surface area contributed by atoms with Crippen molar-refractivity contribution in [1.82, 2.24) is 5.32 Å². The van der Waals surface area contributed by atoms with Gasteiger partial charge in [-0.15, -0.1) is 0 Å². The predicted octanol–water partition coefficient (Wildman–Crippen LogP) is -2.60. The number of hydrogen-bond acceptors (Lipinski definition) is 8. The molecule has 24 heavy (non-hydrogen) atoms. The van der Waals surface area contributed by atoms with Crippen molar-refractivity contribution in [3.8, 4) is 0 Å². The van der Waals surface area contributed by atoms with Crippen LogP contribution in [-0.4, -0.2) is 92.0 Å². The normalized spacial score (nSPS) is 14.8. The Morgan fingerprint density at radius 2 is 1.50 bits per heavy atom. The Bertz CT molecular complexity index is 339. The van der Waals surface area contributed by atoms with E-state index in [1.54, 1.807) is 0 Å². The minimum Gasteiger partial charge on any atom is -0.483 e. The first kappa shape index (κ1) is 26.6. The molecule has 142 valence electrons. The Labute approximate surface area is 137 Å². The van der Waals surface area contributed by atoms with E-state index in [1.165, 1.54) is 0 Å². The van der Waals surface area contributed by atoms with E-state index < -0.39 is 30.4 Å². The summed E-state index contributed by atoms with van der Waals surface area (Å²) in [4.78, 5) is 37.4. The van der Waals surface area contributed by atoms with Crippen molar-refractivity contribution < 1.29 is 54.9 Å². The molecular weight excluding hydrogens is 334 g/mol. The second-order valence-corrected chi connectivity index (χ2v) is 4.08. The van der Waals surface area contributed by atoms with Crippen molar-refractivity contribution in [2.45, 2.75) is 31.4 Å². The molecule has 1 rings (SSSR count). The molecule has 0 saturated carbocycles. The fraction of sp³-hybridized carbons (Fsp3) is 0.667. The van der Waals surface area contributed by atoms with Gasteiger partial charge in [-0.2, -0.15) is 0 Å². The lowest BCUT2D eigenvalue weighted by Gasteiger charge is -1.99. The van der Waals surface area contributed by atoms with Crippen molar-refractivity contribution in [3.63, 3.8) is 0 Å². The Morgan fingerprint density at radius 3 is 1.58 bits per heavy atom. The summed E-state index contributed by atoms with van der Waals surface area (Å²) < 4.78 is 0. The number of nitrogens with one attached hydrogen (secondary N) is 1. The molecule has 0 radical (unpaired) electrons. The highest BCUT2D eigenvalue weighted by Gasteiger charge is 2.20. The van der Waals surface area contributed by atoms with Crippen LogP contribution in [0.2, 0.25) is 0 Å². The van der Waals surface area contributed by atoms with Crippen LogP contribution in [0.3, 0.4) is 0 Å². The predicted molar refractivity (Wildman–Crippen MR) is 77.4 cm³/mol. The second-order valence-electron chi connectivity index (χ2n) is 4.08. The van der Waals surface area contributed by atoms with E-state index in [4.69, 9.17) is 40.5 Å². The zero-order valence-corrected chi connectivity index (χ0v) is 12.7. The van der Waals surface area contributed by atoms with E-state index in [1.807, 2.05) is 0 Å². The molecule has 1 fully saturated rings. The summed E-state index contributed by atoms with van der Waals surface area (Å²) in [5.74, 6) is -3.34. The summed E-state index contributed by atoms with van der Waals surface area (Å²) in [6.45, 7) is -0.121. The highest BCUT2D eigenvalue weighted by atomic mass is 16.4. The third-order valence-electron chi connectivity index (χ3n) is 2.08. The molecule has 1 heterocycles. The van der Waals surface area contributed by atoms with Crippen LogP contribution in [0.4, 0.5) is 0 Å². The van der Waals surface area contributed by atoms with Gasteiger partial charge in [-0.1, -0.05) is 0 Å². The number of aliphatic hydroxyl groups is 3. The van der Waals surface area contributed by atoms with Crippen molar-refractivity contribution in [2.24, 2.45) is 0 Å². The number of carboxylic acid groups (broad SMARTS) is 4. The van der Waals surface area contributed by atoms with Crippen LogP contribution in [0.5, 0.6) is 0 Å². The van der Waals surface area contributed by atoms with Gasteiger partial charge in [-0.25, -0.2) is 0 Å². The molecule has 0 aromatic rings. The molecule has 12 nitrogen and oxygen atoms in total. The smallest absolute Gasteiger partial charge is 0.320 e. The van der Waals surface area contributed by atoms with Crippen molar-refractivity contribution in [1.29, 1.82) is 0 Å². The van der Waals surface area contributed by atoms with E-state index >= 15 is 0 Å². The first-order chi connectivity index (χ1) is 11.2. The van der Waals surface area contributed by atoms with Gasteiger partial charge in [-0.05, 0) is 19.4 Å². The van der Waals surface area contributed by atoms with Gasteiger partial charge < -0.3 is 41.1 Å². The summed E-state index contributed by atoms with van der Waals surface area (Å²) in [6, 6.07) is -0.269. The lowest BCUT2D eigenvalue weighted by atomic mass is 10.2. The van der Waals surface area contributed by atoms with Crippen LogP contribution < -0.4 is 5.32 Å². The third kappa shape index (κ3) is 24.7. The Morgan fingerprint density at radius 1 is 1.08 bits per heavy atom. The molecule has 0 aliphatic carbocycles. The molecule has 0 aromatic heterocycles. The van der Waals surface area contributed by atoms with Gasteiger partial charge in [0.1, 0.15) is 18.6 Å². The highest BCUT2D eigenvalue weighted by molar-refractivity contribution is 5.88. The van der Waals surface area contributed by atoms with Gasteiger partial charge in [0.2, 0.25) is 0 Å². The minimum absolute atomic E-state index is 0.250. The fourth-order valence-corrected chi connectivity index (χ4v) is 1.08. The summed E-state index contributed by atoms with van der Waals surface area (Å²) >= 11 is 0. The number of hydrogen-bond donors (Lipinski definition) is 8. The SMILES string of the molecule is O=C(O)CC(=O)O.O=C(O)[C@@H]1CCCN1.O=CO.OCC(O)CO. The van der Waals surface area contributed by atoms with Gasteiger partial charge in [-0.3, -0.25) is 19.2 Å². The summed E-state index contributed by atoms with van der Waals surface area (Å²) in [5, 5.41) is 57.5. The Balaban J connectivity index is -0.000000257. The zero-order valence-electron chi connectivity index (χ0n) is 12.7. The van der Waals surface area contributed by atoms with E-state index in [-0.39, 0.29) is 25.7 Å². The number of carbonyl (C=O) groups is 4. The summed E-state index contributed by atoms with van der Waals surface area (Å²) in [5.41, 5.74) is 0. The highest BCUT2D eigenvalue weighted by Crippen LogP contribution is 2.03. The third-order valence-corrected chi connectivity index (χ3v) is 2.08. The maximum Gasteiger partial charge on any atom is 0.320 e. The monoisotopic (exact) mass is 357 g/mol. The lowest BCUT2D eigenvalue weighted by molar-refractivity contribution is -0.147. The van der Waals surface area contributed by atoms with E-state index in [2.05, 4.69) is 5.32 Å². The first-order valence-corrected chi connectivity index (χ1v) is 6.53. The molecule has 0 aromatic carbocycles. The number of aliphatic hydroxyl groups excluding tert-OH is 3. The molecule has 1 saturated heterocycles. The first-order valence-electron chi connectivity index (χ1n) is 6.53. The van der Waals surface area contributed by atoms with Gasteiger partial charge in [0.15, 0.2) is 0 Å². The van der Waals surface area contributed by atoms with Gasteiger partial charge in [0, 0.05) is 0 Å². The van der Waals surface area contributed by atoms with Crippen LogP contribution in [0.25, 0.3) is 0 Å². The number of rotatable bonds is 5. The largest absolute Gasteiger partial charge is 0.483 e. The topological polar surface area (TPSA) is 222 Å². The molecule has 1 aliphatic rings. The molecule has 1 atom stereocenters. The molecular formula is C12H23NO11. The van der Waals surface area contributed by atoms with Crippen molar-refractivity contribution in [2.75, 3.05) is 19.8 Å². The Kier molecular flexibility index (Phi) is 20.8. The molecule has 0 unspecified atom stereocenters.